The van der Waals surface area contributed by atoms with Gasteiger partial charge in [0.15, 0.2) is 0 Å². The van der Waals surface area contributed by atoms with E-state index in [1.807, 2.05) is 31.2 Å². The molecule has 2 aromatic rings. The van der Waals surface area contributed by atoms with Gasteiger partial charge in [-0.3, -0.25) is 9.78 Å². The fourth-order valence-electron chi connectivity index (χ4n) is 2.48. The summed E-state index contributed by atoms with van der Waals surface area (Å²) in [6.07, 6.45) is 4.97. The van der Waals surface area contributed by atoms with Crippen molar-refractivity contribution in [3.63, 3.8) is 0 Å². The summed E-state index contributed by atoms with van der Waals surface area (Å²) in [5.74, 6) is 0.691. The van der Waals surface area contributed by atoms with E-state index in [4.69, 9.17) is 0 Å². The molecule has 3 heteroatoms. The minimum atomic E-state index is -0.00397. The molecule has 1 unspecified atom stereocenters. The Morgan fingerprint density at radius 3 is 2.18 bits per heavy atom. The number of amides is 1. The highest BCUT2D eigenvalue weighted by molar-refractivity contribution is 5.79. The summed E-state index contributed by atoms with van der Waals surface area (Å²) in [6.45, 7) is 6.41. The van der Waals surface area contributed by atoms with Gasteiger partial charge in [-0.2, -0.15) is 0 Å². The quantitative estimate of drug-likeness (QED) is 0.883. The predicted octanol–water partition coefficient (Wildman–Crippen LogP) is 3.70. The van der Waals surface area contributed by atoms with E-state index >= 15 is 0 Å². The molecule has 0 aliphatic heterocycles. The smallest absolute Gasteiger partial charge is 0.224 e. The molecule has 2 rings (SSSR count). The van der Waals surface area contributed by atoms with Gasteiger partial charge < -0.3 is 5.32 Å². The number of benzene rings is 1. The van der Waals surface area contributed by atoms with Crippen LogP contribution in [0.1, 0.15) is 43.5 Å². The molecule has 3 nitrogen and oxygen atoms in total. The van der Waals surface area contributed by atoms with E-state index < -0.39 is 0 Å². The lowest BCUT2D eigenvalue weighted by molar-refractivity contribution is -0.121. The Bertz CT molecular complexity index is 591. The average molecular weight is 296 g/mol. The van der Waals surface area contributed by atoms with E-state index in [1.165, 1.54) is 5.56 Å². The summed E-state index contributed by atoms with van der Waals surface area (Å²) in [5, 5.41) is 3.02. The van der Waals surface area contributed by atoms with Gasteiger partial charge in [0.25, 0.3) is 0 Å². The molecule has 0 radical (unpaired) electrons. The van der Waals surface area contributed by atoms with Crippen molar-refractivity contribution in [2.24, 2.45) is 5.92 Å². The second-order valence-corrected chi connectivity index (χ2v) is 6.16. The first-order chi connectivity index (χ1) is 10.5. The van der Waals surface area contributed by atoms with Gasteiger partial charge >= 0.3 is 0 Å². The average Bonchev–Trinajstić information content (AvgIpc) is 2.49. The molecule has 0 aliphatic carbocycles. The van der Waals surface area contributed by atoms with Crippen molar-refractivity contribution in [1.29, 1.82) is 0 Å². The maximum Gasteiger partial charge on any atom is 0.224 e. The predicted molar refractivity (Wildman–Crippen MR) is 89.5 cm³/mol. The largest absolute Gasteiger partial charge is 0.349 e. The van der Waals surface area contributed by atoms with Crippen molar-refractivity contribution in [2.75, 3.05) is 0 Å². The SMILES string of the molecule is CC(C)Cc1ccc(CC(=O)NC(C)c2ccncc2)cc1. The Morgan fingerprint density at radius 2 is 1.59 bits per heavy atom. The molecular weight excluding hydrogens is 272 g/mol. The van der Waals surface area contributed by atoms with Crippen molar-refractivity contribution in [3.05, 3.63) is 65.5 Å². The van der Waals surface area contributed by atoms with Crippen LogP contribution in [0.5, 0.6) is 0 Å². The molecule has 1 atom stereocenters. The van der Waals surface area contributed by atoms with Crippen molar-refractivity contribution < 1.29 is 4.79 Å². The van der Waals surface area contributed by atoms with E-state index in [-0.39, 0.29) is 11.9 Å². The lowest BCUT2D eigenvalue weighted by Gasteiger charge is -2.14. The van der Waals surface area contributed by atoms with E-state index in [2.05, 4.69) is 36.3 Å². The molecule has 1 aromatic carbocycles. The third-order valence-corrected chi connectivity index (χ3v) is 3.62. The van der Waals surface area contributed by atoms with Gasteiger partial charge in [0.05, 0.1) is 12.5 Å². The number of hydrogen-bond donors (Lipinski definition) is 1. The first-order valence-corrected chi connectivity index (χ1v) is 7.81. The summed E-state index contributed by atoms with van der Waals surface area (Å²) >= 11 is 0. The van der Waals surface area contributed by atoms with Crippen LogP contribution in [-0.2, 0) is 17.6 Å². The van der Waals surface area contributed by atoms with Crippen molar-refractivity contribution >= 4 is 5.91 Å². The van der Waals surface area contributed by atoms with Gasteiger partial charge in [-0.15, -0.1) is 0 Å². The van der Waals surface area contributed by atoms with Gasteiger partial charge in [0.2, 0.25) is 5.91 Å². The number of aromatic nitrogens is 1. The van der Waals surface area contributed by atoms with Gasteiger partial charge in [0.1, 0.15) is 0 Å². The summed E-state index contributed by atoms with van der Waals surface area (Å²) in [4.78, 5) is 16.1. The number of rotatable bonds is 6. The molecule has 116 valence electrons. The van der Waals surface area contributed by atoms with E-state index in [0.717, 1.165) is 17.5 Å². The van der Waals surface area contributed by atoms with E-state index in [9.17, 15) is 4.79 Å². The highest BCUT2D eigenvalue weighted by atomic mass is 16.1. The van der Waals surface area contributed by atoms with Crippen LogP contribution in [0.4, 0.5) is 0 Å². The van der Waals surface area contributed by atoms with Gasteiger partial charge in [-0.25, -0.2) is 0 Å². The normalized spacial score (nSPS) is 12.2. The zero-order valence-corrected chi connectivity index (χ0v) is 13.5. The number of carbonyl (C=O) groups is 1. The number of nitrogens with zero attached hydrogens (tertiary/aromatic N) is 1. The molecule has 0 spiro atoms. The van der Waals surface area contributed by atoms with Crippen LogP contribution in [0.3, 0.4) is 0 Å². The van der Waals surface area contributed by atoms with Gasteiger partial charge in [-0.05, 0) is 48.1 Å². The highest BCUT2D eigenvalue weighted by Gasteiger charge is 2.10. The standard InChI is InChI=1S/C19H24N2O/c1-14(2)12-16-4-6-17(7-5-16)13-19(22)21-15(3)18-8-10-20-11-9-18/h4-11,14-15H,12-13H2,1-3H3,(H,21,22). The summed E-state index contributed by atoms with van der Waals surface area (Å²) < 4.78 is 0. The monoisotopic (exact) mass is 296 g/mol. The molecule has 1 heterocycles. The molecule has 0 saturated heterocycles. The van der Waals surface area contributed by atoms with Crippen LogP contribution in [0.15, 0.2) is 48.8 Å². The van der Waals surface area contributed by atoms with Crippen molar-refractivity contribution in [1.82, 2.24) is 10.3 Å². The minimum absolute atomic E-state index is 0.00397. The van der Waals surface area contributed by atoms with Crippen molar-refractivity contribution in [2.45, 2.75) is 39.7 Å². The molecular formula is C19H24N2O. The molecule has 0 saturated carbocycles. The Kier molecular flexibility index (Phi) is 5.70. The maximum atomic E-state index is 12.1. The van der Waals surface area contributed by atoms with Crippen LogP contribution in [0.25, 0.3) is 0 Å². The molecule has 1 amide bonds. The molecule has 0 aliphatic rings. The first kappa shape index (κ1) is 16.2. The topological polar surface area (TPSA) is 42.0 Å². The zero-order chi connectivity index (χ0) is 15.9. The van der Waals surface area contributed by atoms with Crippen LogP contribution in [0.2, 0.25) is 0 Å². The third kappa shape index (κ3) is 4.99. The van der Waals surface area contributed by atoms with Crippen LogP contribution < -0.4 is 5.32 Å². The summed E-state index contributed by atoms with van der Waals surface area (Å²) in [7, 11) is 0. The summed E-state index contributed by atoms with van der Waals surface area (Å²) in [5.41, 5.74) is 3.44. The molecule has 1 N–H and O–H groups in total. The van der Waals surface area contributed by atoms with Crippen LogP contribution in [0, 0.1) is 5.92 Å². The Balaban J connectivity index is 1.89. The fraction of sp³-hybridized carbons (Fsp3) is 0.368. The molecule has 0 fully saturated rings. The van der Waals surface area contributed by atoms with Gasteiger partial charge in [-0.1, -0.05) is 38.1 Å². The minimum Gasteiger partial charge on any atom is -0.349 e. The maximum absolute atomic E-state index is 12.1. The zero-order valence-electron chi connectivity index (χ0n) is 13.5. The number of pyridine rings is 1. The summed E-state index contributed by atoms with van der Waals surface area (Å²) in [6, 6.07) is 12.2. The van der Waals surface area contributed by atoms with Crippen molar-refractivity contribution in [3.8, 4) is 0 Å². The van der Waals surface area contributed by atoms with Gasteiger partial charge in [0, 0.05) is 12.4 Å². The first-order valence-electron chi connectivity index (χ1n) is 7.81. The lowest BCUT2D eigenvalue weighted by atomic mass is 10.0. The molecule has 22 heavy (non-hydrogen) atoms. The Labute approximate surface area is 132 Å². The third-order valence-electron chi connectivity index (χ3n) is 3.62. The second kappa shape index (κ2) is 7.74. The number of nitrogens with one attached hydrogen (secondary N) is 1. The van der Waals surface area contributed by atoms with Crippen LogP contribution in [-0.4, -0.2) is 10.9 Å². The number of carbonyl (C=O) groups excluding carboxylic acids is 1. The second-order valence-electron chi connectivity index (χ2n) is 6.16. The lowest BCUT2D eigenvalue weighted by Crippen LogP contribution is -2.28. The highest BCUT2D eigenvalue weighted by Crippen LogP contribution is 2.12. The molecule has 0 bridgehead atoms. The van der Waals surface area contributed by atoms with E-state index in [0.29, 0.717) is 12.3 Å². The Hall–Kier alpha value is -2.16. The Morgan fingerprint density at radius 1 is 1.00 bits per heavy atom. The van der Waals surface area contributed by atoms with Crippen LogP contribution >= 0.6 is 0 Å². The molecule has 1 aromatic heterocycles. The fourth-order valence-corrected chi connectivity index (χ4v) is 2.48. The van der Waals surface area contributed by atoms with E-state index in [1.54, 1.807) is 12.4 Å². The number of hydrogen-bond acceptors (Lipinski definition) is 2.